The molecule has 146 valence electrons. The summed E-state index contributed by atoms with van der Waals surface area (Å²) in [5, 5.41) is 15.2. The van der Waals surface area contributed by atoms with Crippen LogP contribution in [-0.4, -0.2) is 48.6 Å². The maximum Gasteiger partial charge on any atom is 0.220 e. The number of nitrogens with zero attached hydrogens (tertiary/aromatic N) is 2. The molecule has 1 heterocycles. The van der Waals surface area contributed by atoms with Gasteiger partial charge in [0.05, 0.1) is 6.54 Å². The molecule has 1 saturated heterocycles. The summed E-state index contributed by atoms with van der Waals surface area (Å²) in [6, 6.07) is 4.32. The Labute approximate surface area is 171 Å². The van der Waals surface area contributed by atoms with Crippen molar-refractivity contribution in [2.24, 2.45) is 10.9 Å². The Morgan fingerprint density at radius 3 is 2.65 bits per heavy atom. The maximum absolute atomic E-state index is 13.4. The summed E-state index contributed by atoms with van der Waals surface area (Å²) in [6.45, 7) is 4.79. The summed E-state index contributed by atoms with van der Waals surface area (Å²) < 4.78 is 13.4. The quantitative estimate of drug-likeness (QED) is 0.345. The van der Waals surface area contributed by atoms with Gasteiger partial charge in [0.1, 0.15) is 0 Å². The SMILES string of the molecule is CCNC(=NCc1ccc(O)c(F)c1)N1CCC(CC(=O)NC)CC1.I. The van der Waals surface area contributed by atoms with Crippen LogP contribution >= 0.6 is 24.0 Å². The predicted molar refractivity (Wildman–Crippen MR) is 111 cm³/mol. The number of rotatable bonds is 5. The van der Waals surface area contributed by atoms with Gasteiger partial charge in [0, 0.05) is 33.1 Å². The first kappa shape index (κ1) is 22.5. The molecule has 26 heavy (non-hydrogen) atoms. The zero-order valence-corrected chi connectivity index (χ0v) is 17.6. The number of likely N-dealkylation sites (tertiary alicyclic amines) is 1. The molecule has 6 nitrogen and oxygen atoms in total. The van der Waals surface area contributed by atoms with Crippen molar-refractivity contribution in [1.82, 2.24) is 15.5 Å². The highest BCUT2D eigenvalue weighted by Crippen LogP contribution is 2.21. The molecule has 1 amide bonds. The van der Waals surface area contributed by atoms with Crippen molar-refractivity contribution < 1.29 is 14.3 Å². The third kappa shape index (κ3) is 6.62. The Morgan fingerprint density at radius 1 is 1.38 bits per heavy atom. The van der Waals surface area contributed by atoms with Crippen LogP contribution in [0.2, 0.25) is 0 Å². The molecule has 2 rings (SSSR count). The van der Waals surface area contributed by atoms with Gasteiger partial charge in [0.15, 0.2) is 17.5 Å². The number of nitrogens with one attached hydrogen (secondary N) is 2. The Hall–Kier alpha value is -1.58. The lowest BCUT2D eigenvalue weighted by Gasteiger charge is -2.34. The first-order valence-electron chi connectivity index (χ1n) is 8.74. The smallest absolute Gasteiger partial charge is 0.220 e. The molecule has 0 bridgehead atoms. The number of piperidine rings is 1. The molecule has 3 N–H and O–H groups in total. The van der Waals surface area contributed by atoms with Crippen LogP contribution in [-0.2, 0) is 11.3 Å². The number of carbonyl (C=O) groups excluding carboxylic acids is 1. The lowest BCUT2D eigenvalue weighted by atomic mass is 9.93. The number of hydrogen-bond donors (Lipinski definition) is 3. The van der Waals surface area contributed by atoms with Gasteiger partial charge in [-0.25, -0.2) is 9.38 Å². The maximum atomic E-state index is 13.4. The van der Waals surface area contributed by atoms with Crippen LogP contribution in [0.3, 0.4) is 0 Å². The van der Waals surface area contributed by atoms with E-state index >= 15 is 0 Å². The molecule has 0 spiro atoms. The number of phenolic OH excluding ortho intramolecular Hbond substituents is 1. The summed E-state index contributed by atoms with van der Waals surface area (Å²) in [4.78, 5) is 18.3. The van der Waals surface area contributed by atoms with Gasteiger partial charge in [-0.3, -0.25) is 4.79 Å². The minimum atomic E-state index is -0.632. The van der Waals surface area contributed by atoms with Crippen molar-refractivity contribution in [3.63, 3.8) is 0 Å². The number of aromatic hydroxyl groups is 1. The van der Waals surface area contributed by atoms with Gasteiger partial charge in [0.25, 0.3) is 0 Å². The van der Waals surface area contributed by atoms with Crippen LogP contribution in [0.15, 0.2) is 23.2 Å². The summed E-state index contributed by atoms with van der Waals surface area (Å²) in [7, 11) is 1.67. The number of benzene rings is 1. The highest BCUT2D eigenvalue weighted by atomic mass is 127. The molecule has 1 aromatic carbocycles. The minimum Gasteiger partial charge on any atom is -0.505 e. The topological polar surface area (TPSA) is 77.0 Å². The summed E-state index contributed by atoms with van der Waals surface area (Å²) in [5.41, 5.74) is 0.709. The van der Waals surface area contributed by atoms with E-state index in [2.05, 4.69) is 20.5 Å². The largest absolute Gasteiger partial charge is 0.505 e. The number of halogens is 2. The standard InChI is InChI=1S/C18H27FN4O2.HI/c1-3-21-18(22-12-14-4-5-16(24)15(19)10-14)23-8-6-13(7-9-23)11-17(25)20-2;/h4-5,10,13,24H,3,6-9,11-12H2,1-2H3,(H,20,25)(H,21,22);1H. The molecule has 0 unspecified atom stereocenters. The second kappa shape index (κ2) is 11.2. The van der Waals surface area contributed by atoms with Crippen molar-refractivity contribution in [2.75, 3.05) is 26.7 Å². The Morgan fingerprint density at radius 2 is 2.08 bits per heavy atom. The van der Waals surface area contributed by atoms with Crippen molar-refractivity contribution in [2.45, 2.75) is 32.7 Å². The van der Waals surface area contributed by atoms with Crippen molar-refractivity contribution >= 4 is 35.8 Å². The van der Waals surface area contributed by atoms with Gasteiger partial charge in [-0.1, -0.05) is 6.07 Å². The molecule has 0 atom stereocenters. The van der Waals surface area contributed by atoms with Crippen LogP contribution in [0.4, 0.5) is 4.39 Å². The fraction of sp³-hybridized carbons (Fsp3) is 0.556. The van der Waals surface area contributed by atoms with Crippen molar-refractivity contribution in [1.29, 1.82) is 0 Å². The van der Waals surface area contributed by atoms with E-state index in [1.54, 1.807) is 13.1 Å². The highest BCUT2D eigenvalue weighted by molar-refractivity contribution is 14.0. The number of phenols is 1. The zero-order chi connectivity index (χ0) is 18.2. The number of aliphatic imine (C=N–C) groups is 1. The molecule has 1 aliphatic rings. The molecular formula is C18H28FIN4O2. The fourth-order valence-electron chi connectivity index (χ4n) is 2.95. The Kier molecular flexibility index (Phi) is 9.68. The van der Waals surface area contributed by atoms with Crippen LogP contribution in [0.5, 0.6) is 5.75 Å². The normalized spacial score (nSPS) is 15.3. The lowest BCUT2D eigenvalue weighted by Crippen LogP contribution is -2.46. The highest BCUT2D eigenvalue weighted by Gasteiger charge is 2.23. The third-order valence-electron chi connectivity index (χ3n) is 4.43. The number of carbonyl (C=O) groups is 1. The Bertz CT molecular complexity index is 619. The second-order valence-electron chi connectivity index (χ2n) is 6.26. The first-order valence-corrected chi connectivity index (χ1v) is 8.74. The van der Waals surface area contributed by atoms with Crippen LogP contribution < -0.4 is 10.6 Å². The van der Waals surface area contributed by atoms with E-state index < -0.39 is 5.82 Å². The monoisotopic (exact) mass is 478 g/mol. The van der Waals surface area contributed by atoms with Gasteiger partial charge in [0.2, 0.25) is 5.91 Å². The van der Waals surface area contributed by atoms with E-state index in [1.807, 2.05) is 6.92 Å². The number of guanidine groups is 1. The van der Waals surface area contributed by atoms with E-state index in [0.29, 0.717) is 24.4 Å². The summed E-state index contributed by atoms with van der Waals surface area (Å²) >= 11 is 0. The van der Waals surface area contributed by atoms with Crippen LogP contribution in [0.25, 0.3) is 0 Å². The average molecular weight is 478 g/mol. The molecule has 1 fully saturated rings. The third-order valence-corrected chi connectivity index (χ3v) is 4.43. The zero-order valence-electron chi connectivity index (χ0n) is 15.3. The van der Waals surface area contributed by atoms with E-state index in [-0.39, 0.29) is 35.6 Å². The molecule has 0 aromatic heterocycles. The van der Waals surface area contributed by atoms with Gasteiger partial charge in [-0.05, 0) is 43.4 Å². The summed E-state index contributed by atoms with van der Waals surface area (Å²) in [5.74, 6) is 0.318. The molecular weight excluding hydrogens is 450 g/mol. The molecule has 0 radical (unpaired) electrons. The number of amides is 1. The fourth-order valence-corrected chi connectivity index (χ4v) is 2.95. The molecule has 8 heteroatoms. The van der Waals surface area contributed by atoms with Gasteiger partial charge in [-0.15, -0.1) is 24.0 Å². The second-order valence-corrected chi connectivity index (χ2v) is 6.26. The van der Waals surface area contributed by atoms with E-state index in [4.69, 9.17) is 0 Å². The van der Waals surface area contributed by atoms with Gasteiger partial charge < -0.3 is 20.6 Å². The van der Waals surface area contributed by atoms with E-state index in [0.717, 1.165) is 38.4 Å². The van der Waals surface area contributed by atoms with Crippen molar-refractivity contribution in [3.05, 3.63) is 29.6 Å². The number of hydrogen-bond acceptors (Lipinski definition) is 3. The Balaban J connectivity index is 0.00000338. The predicted octanol–water partition coefficient (Wildman–Crippen LogP) is 2.46. The van der Waals surface area contributed by atoms with E-state index in [1.165, 1.54) is 12.1 Å². The molecule has 1 aliphatic heterocycles. The molecule has 0 aliphatic carbocycles. The van der Waals surface area contributed by atoms with Crippen LogP contribution in [0, 0.1) is 11.7 Å². The minimum absolute atomic E-state index is 0. The molecule has 1 aromatic rings. The van der Waals surface area contributed by atoms with Gasteiger partial charge >= 0.3 is 0 Å². The van der Waals surface area contributed by atoms with Gasteiger partial charge in [-0.2, -0.15) is 0 Å². The van der Waals surface area contributed by atoms with E-state index in [9.17, 15) is 14.3 Å². The molecule has 0 saturated carbocycles. The first-order chi connectivity index (χ1) is 12.0. The average Bonchev–Trinajstić information content (AvgIpc) is 2.62. The van der Waals surface area contributed by atoms with Crippen molar-refractivity contribution in [3.8, 4) is 5.75 Å². The summed E-state index contributed by atoms with van der Waals surface area (Å²) in [6.07, 6.45) is 2.47. The lowest BCUT2D eigenvalue weighted by molar-refractivity contribution is -0.121. The van der Waals surface area contributed by atoms with Crippen LogP contribution in [0.1, 0.15) is 31.7 Å².